The van der Waals surface area contributed by atoms with Crippen molar-refractivity contribution in [1.29, 1.82) is 0 Å². The lowest BCUT2D eigenvalue weighted by Gasteiger charge is -2.18. The minimum absolute atomic E-state index is 0.0912. The second-order valence-electron chi connectivity index (χ2n) is 19.2. The largest absolute Gasteiger partial charge is 0.462 e. The molecule has 0 spiro atoms. The van der Waals surface area contributed by atoms with Gasteiger partial charge in [-0.3, -0.25) is 14.4 Å². The van der Waals surface area contributed by atoms with Crippen LogP contribution in [0.1, 0.15) is 284 Å². The second-order valence-corrected chi connectivity index (χ2v) is 19.2. The molecule has 0 unspecified atom stereocenters. The average molecular weight is 950 g/mol. The van der Waals surface area contributed by atoms with Crippen molar-refractivity contribution in [3.63, 3.8) is 0 Å². The first-order valence-corrected chi connectivity index (χ1v) is 28.9. The molecule has 0 radical (unpaired) electrons. The summed E-state index contributed by atoms with van der Waals surface area (Å²) in [6.07, 6.45) is 71.7. The first-order chi connectivity index (χ1) is 33.5. The van der Waals surface area contributed by atoms with Crippen molar-refractivity contribution in [3.8, 4) is 0 Å². The number of rotatable bonds is 52. The molecule has 0 fully saturated rings. The summed E-state index contributed by atoms with van der Waals surface area (Å²) >= 11 is 0. The molecule has 0 aliphatic heterocycles. The van der Waals surface area contributed by atoms with E-state index in [1.165, 1.54) is 154 Å². The van der Waals surface area contributed by atoms with E-state index in [4.69, 9.17) is 14.2 Å². The average Bonchev–Trinajstić information content (AvgIpc) is 3.34. The Bertz CT molecular complexity index is 1270. The number of carbonyl (C=O) groups excluding carboxylic acids is 3. The number of hydrogen-bond acceptors (Lipinski definition) is 6. The van der Waals surface area contributed by atoms with Crippen LogP contribution in [0.4, 0.5) is 0 Å². The fourth-order valence-corrected chi connectivity index (χ4v) is 8.00. The van der Waals surface area contributed by atoms with E-state index in [9.17, 15) is 14.4 Å². The number of carbonyl (C=O) groups is 3. The Morgan fingerprint density at radius 3 is 0.882 bits per heavy atom. The van der Waals surface area contributed by atoms with Crippen LogP contribution in [0.15, 0.2) is 72.9 Å². The molecular formula is C62H108O6. The van der Waals surface area contributed by atoms with Gasteiger partial charge in [0, 0.05) is 19.3 Å². The highest BCUT2D eigenvalue weighted by Gasteiger charge is 2.19. The summed E-state index contributed by atoms with van der Waals surface area (Å²) in [5.41, 5.74) is 0. The summed E-state index contributed by atoms with van der Waals surface area (Å²) in [5.74, 6) is -0.927. The Balaban J connectivity index is 4.45. The number of ether oxygens (including phenoxy) is 3. The summed E-state index contributed by atoms with van der Waals surface area (Å²) < 4.78 is 16.8. The summed E-state index contributed by atoms with van der Waals surface area (Å²) in [5, 5.41) is 0. The van der Waals surface area contributed by atoms with E-state index in [0.29, 0.717) is 19.3 Å². The maximum absolute atomic E-state index is 12.9. The zero-order valence-corrected chi connectivity index (χ0v) is 44.9. The molecule has 0 N–H and O–H groups in total. The molecule has 0 aromatic rings. The highest BCUT2D eigenvalue weighted by atomic mass is 16.6. The van der Waals surface area contributed by atoms with Gasteiger partial charge in [0.1, 0.15) is 13.2 Å². The molecule has 6 heteroatoms. The van der Waals surface area contributed by atoms with Crippen molar-refractivity contribution in [2.45, 2.75) is 290 Å². The van der Waals surface area contributed by atoms with Crippen LogP contribution in [0, 0.1) is 0 Å². The quantitative estimate of drug-likeness (QED) is 0.0262. The van der Waals surface area contributed by atoms with Gasteiger partial charge in [-0.25, -0.2) is 0 Å². The Morgan fingerprint density at radius 2 is 0.529 bits per heavy atom. The van der Waals surface area contributed by atoms with E-state index in [-0.39, 0.29) is 31.1 Å². The fraction of sp³-hybridized carbons (Fsp3) is 0.758. The predicted molar refractivity (Wildman–Crippen MR) is 293 cm³/mol. The zero-order chi connectivity index (χ0) is 49.3. The van der Waals surface area contributed by atoms with Gasteiger partial charge in [0.05, 0.1) is 0 Å². The predicted octanol–water partition coefficient (Wildman–Crippen LogP) is 19.4. The summed E-state index contributed by atoms with van der Waals surface area (Å²) in [6.45, 7) is 6.58. The Labute approximate surface area is 421 Å². The van der Waals surface area contributed by atoms with E-state index < -0.39 is 6.10 Å². The molecular weight excluding hydrogens is 841 g/mol. The topological polar surface area (TPSA) is 78.9 Å². The van der Waals surface area contributed by atoms with E-state index in [1.54, 1.807) is 0 Å². The van der Waals surface area contributed by atoms with Crippen molar-refractivity contribution in [2.24, 2.45) is 0 Å². The third-order valence-electron chi connectivity index (χ3n) is 12.4. The number of hydrogen-bond donors (Lipinski definition) is 0. The smallest absolute Gasteiger partial charge is 0.306 e. The van der Waals surface area contributed by atoms with Crippen LogP contribution in [0.5, 0.6) is 0 Å². The molecule has 0 aliphatic carbocycles. The molecule has 0 aromatic heterocycles. The molecule has 0 rings (SSSR count). The van der Waals surface area contributed by atoms with E-state index in [1.807, 2.05) is 0 Å². The lowest BCUT2D eigenvalue weighted by atomic mass is 10.1. The third kappa shape index (κ3) is 53.8. The third-order valence-corrected chi connectivity index (χ3v) is 12.4. The molecule has 1 atom stereocenters. The molecule has 6 nitrogen and oxygen atoms in total. The molecule has 0 aliphatic rings. The van der Waals surface area contributed by atoms with Crippen molar-refractivity contribution >= 4 is 17.9 Å². The Morgan fingerprint density at radius 1 is 0.294 bits per heavy atom. The lowest BCUT2D eigenvalue weighted by molar-refractivity contribution is -0.167. The molecule has 0 saturated carbocycles. The highest BCUT2D eigenvalue weighted by Crippen LogP contribution is 2.14. The van der Waals surface area contributed by atoms with Gasteiger partial charge in [-0.1, -0.05) is 222 Å². The Hall–Kier alpha value is -3.15. The first-order valence-electron chi connectivity index (χ1n) is 28.9. The van der Waals surface area contributed by atoms with Crippen LogP contribution in [0.25, 0.3) is 0 Å². The van der Waals surface area contributed by atoms with Crippen molar-refractivity contribution in [3.05, 3.63) is 72.9 Å². The molecule has 0 heterocycles. The van der Waals surface area contributed by atoms with Crippen molar-refractivity contribution in [1.82, 2.24) is 0 Å². The second kappa shape index (κ2) is 56.4. The van der Waals surface area contributed by atoms with Gasteiger partial charge in [0.2, 0.25) is 0 Å². The maximum Gasteiger partial charge on any atom is 0.306 e. The van der Waals surface area contributed by atoms with Crippen LogP contribution in [0.3, 0.4) is 0 Å². The van der Waals surface area contributed by atoms with Crippen molar-refractivity contribution < 1.29 is 28.6 Å². The number of esters is 3. The summed E-state index contributed by atoms with van der Waals surface area (Å²) in [6, 6.07) is 0. The maximum atomic E-state index is 12.9. The molecule has 0 bridgehead atoms. The van der Waals surface area contributed by atoms with E-state index in [2.05, 4.69) is 93.7 Å². The van der Waals surface area contributed by atoms with Gasteiger partial charge in [0.25, 0.3) is 0 Å². The van der Waals surface area contributed by atoms with Gasteiger partial charge in [-0.05, 0) is 116 Å². The summed E-state index contributed by atoms with van der Waals surface area (Å²) in [7, 11) is 0. The molecule has 0 amide bonds. The van der Waals surface area contributed by atoms with Crippen LogP contribution < -0.4 is 0 Å². The monoisotopic (exact) mass is 949 g/mol. The van der Waals surface area contributed by atoms with Gasteiger partial charge in [-0.15, -0.1) is 0 Å². The van der Waals surface area contributed by atoms with Gasteiger partial charge in [0.15, 0.2) is 6.10 Å². The summed E-state index contributed by atoms with van der Waals surface area (Å²) in [4.78, 5) is 38.1. The van der Waals surface area contributed by atoms with Gasteiger partial charge >= 0.3 is 17.9 Å². The van der Waals surface area contributed by atoms with Gasteiger partial charge in [-0.2, -0.15) is 0 Å². The fourth-order valence-electron chi connectivity index (χ4n) is 8.00. The molecule has 392 valence electrons. The molecule has 68 heavy (non-hydrogen) atoms. The number of unbranched alkanes of at least 4 members (excludes halogenated alkanes) is 29. The van der Waals surface area contributed by atoms with E-state index >= 15 is 0 Å². The standard InChI is InChI=1S/C62H108O6/c1-4-7-10-13-16-19-22-25-28-30-31-33-34-37-40-43-46-49-52-55-61(64)67-58-59(57-66-60(63)54-51-48-45-42-39-36-27-24-21-18-15-12-9-6-3)68-62(65)56-53-50-47-44-41-38-35-32-29-26-23-20-17-14-11-8-5-2/h16,19,24-29,31,33,37,40,59H,4-15,17-18,20-23,30,32,34-36,38-39,41-58H2,1-3H3/b19-16+,27-24+,28-25+,29-26+,33-31+,40-37+/t59-/m1/s1. The van der Waals surface area contributed by atoms with Crippen molar-refractivity contribution in [2.75, 3.05) is 13.2 Å². The molecule has 0 saturated heterocycles. The van der Waals surface area contributed by atoms with Crippen LogP contribution in [0.2, 0.25) is 0 Å². The Kier molecular flexibility index (Phi) is 53.8. The minimum Gasteiger partial charge on any atom is -0.462 e. The van der Waals surface area contributed by atoms with Crippen LogP contribution in [-0.2, 0) is 28.6 Å². The molecule has 0 aromatic carbocycles. The number of allylic oxidation sites excluding steroid dienone is 12. The minimum atomic E-state index is -0.794. The zero-order valence-electron chi connectivity index (χ0n) is 44.9. The van der Waals surface area contributed by atoms with Crippen LogP contribution >= 0.6 is 0 Å². The first kappa shape index (κ1) is 64.8. The van der Waals surface area contributed by atoms with E-state index in [0.717, 1.165) is 89.9 Å². The highest BCUT2D eigenvalue weighted by molar-refractivity contribution is 5.71. The van der Waals surface area contributed by atoms with Crippen LogP contribution in [-0.4, -0.2) is 37.2 Å². The normalized spacial score (nSPS) is 12.6. The lowest BCUT2D eigenvalue weighted by Crippen LogP contribution is -2.30. The van der Waals surface area contributed by atoms with Gasteiger partial charge < -0.3 is 14.2 Å². The SMILES string of the molecule is CCCCC/C=C/C/C=C/C/C=C/C/C=C/CCCCCC(=O)OC[C@@H](COC(=O)CCCCCCC/C=C/CCCCCCC)OC(=O)CCCCCCCCC/C=C/CCCCCCCC.